The number of nitrogens with zero attached hydrogens (tertiary/aromatic N) is 1. The van der Waals surface area contributed by atoms with Crippen molar-refractivity contribution < 1.29 is 14.3 Å². The molecule has 1 N–H and O–H groups in total. The van der Waals surface area contributed by atoms with Gasteiger partial charge in [-0.3, -0.25) is 9.59 Å². The quantitative estimate of drug-likeness (QED) is 0.890. The maximum Gasteiger partial charge on any atom is 0.253 e. The second-order valence-electron chi connectivity index (χ2n) is 4.64. The number of rotatable bonds is 3. The summed E-state index contributed by atoms with van der Waals surface area (Å²) in [5.41, 5.74) is 1.21. The van der Waals surface area contributed by atoms with Gasteiger partial charge >= 0.3 is 0 Å². The second-order valence-corrected chi connectivity index (χ2v) is 4.64. The van der Waals surface area contributed by atoms with E-state index < -0.39 is 0 Å². The fraction of sp³-hybridized carbons (Fsp3) is 0.429. The number of hydrogen-bond donors (Lipinski definition) is 1. The van der Waals surface area contributed by atoms with E-state index in [9.17, 15) is 9.59 Å². The number of para-hydroxylation sites is 1. The fourth-order valence-electron chi connectivity index (χ4n) is 2.18. The summed E-state index contributed by atoms with van der Waals surface area (Å²) >= 11 is 0. The highest BCUT2D eigenvalue weighted by Gasteiger charge is 2.27. The molecule has 1 aliphatic rings. The zero-order valence-corrected chi connectivity index (χ0v) is 11.2. The first kappa shape index (κ1) is 13.5. The minimum absolute atomic E-state index is 0.0300. The summed E-state index contributed by atoms with van der Waals surface area (Å²) in [5, 5.41) is 2.87. The van der Waals surface area contributed by atoms with Gasteiger partial charge in [-0.05, 0) is 19.1 Å². The summed E-state index contributed by atoms with van der Waals surface area (Å²) in [4.78, 5) is 25.9. The van der Waals surface area contributed by atoms with E-state index in [0.29, 0.717) is 30.8 Å². The number of benzene rings is 1. The van der Waals surface area contributed by atoms with Crippen LogP contribution in [-0.2, 0) is 9.53 Å². The molecule has 2 amide bonds. The molecule has 0 spiro atoms. The van der Waals surface area contributed by atoms with E-state index in [2.05, 4.69) is 5.32 Å². The van der Waals surface area contributed by atoms with Crippen LogP contribution in [-0.4, -0.2) is 38.1 Å². The van der Waals surface area contributed by atoms with Gasteiger partial charge in [-0.25, -0.2) is 0 Å². The zero-order chi connectivity index (χ0) is 13.8. The van der Waals surface area contributed by atoms with Crippen molar-refractivity contribution in [3.63, 3.8) is 0 Å². The molecule has 102 valence electrons. The maximum atomic E-state index is 12.2. The Labute approximate surface area is 112 Å². The Bertz CT molecular complexity index is 487. The number of ether oxygens (including phenoxy) is 1. The van der Waals surface area contributed by atoms with Crippen LogP contribution in [0.1, 0.15) is 23.7 Å². The number of fused-ring (bicyclic) bond motifs is 1. The minimum Gasteiger partial charge on any atom is -0.384 e. The highest BCUT2D eigenvalue weighted by atomic mass is 16.5. The molecule has 1 aliphatic heterocycles. The standard InChI is InChI=1S/C14H18N2O3/c1-10-9-16(13(17)7-8-19-2)12-6-4-3-5-11(12)14(18)15-10/h3-6,10H,7-9H2,1-2H3,(H,15,18). The second kappa shape index (κ2) is 5.84. The van der Waals surface area contributed by atoms with Gasteiger partial charge in [0.25, 0.3) is 5.91 Å². The van der Waals surface area contributed by atoms with Gasteiger partial charge in [0.05, 0.1) is 24.3 Å². The Kier molecular flexibility index (Phi) is 4.16. The molecule has 1 heterocycles. The van der Waals surface area contributed by atoms with Crippen molar-refractivity contribution in [2.45, 2.75) is 19.4 Å². The molecule has 1 atom stereocenters. The van der Waals surface area contributed by atoms with Crippen molar-refractivity contribution in [1.29, 1.82) is 0 Å². The predicted molar refractivity (Wildman–Crippen MR) is 72.2 cm³/mol. The molecule has 1 aromatic carbocycles. The maximum absolute atomic E-state index is 12.2. The molecule has 0 fully saturated rings. The van der Waals surface area contributed by atoms with Crippen LogP contribution >= 0.6 is 0 Å². The van der Waals surface area contributed by atoms with Crippen molar-refractivity contribution in [1.82, 2.24) is 5.32 Å². The number of anilines is 1. The first-order valence-electron chi connectivity index (χ1n) is 6.32. The van der Waals surface area contributed by atoms with Gasteiger partial charge in [-0.2, -0.15) is 0 Å². The molecule has 2 rings (SSSR count). The number of carbonyl (C=O) groups is 2. The van der Waals surface area contributed by atoms with E-state index >= 15 is 0 Å². The van der Waals surface area contributed by atoms with Gasteiger partial charge < -0.3 is 15.0 Å². The molecule has 0 aliphatic carbocycles. The monoisotopic (exact) mass is 262 g/mol. The lowest BCUT2D eigenvalue weighted by Crippen LogP contribution is -2.41. The number of hydrogen-bond acceptors (Lipinski definition) is 3. The summed E-state index contributed by atoms with van der Waals surface area (Å²) in [6, 6.07) is 7.09. The van der Waals surface area contributed by atoms with Crippen molar-refractivity contribution >= 4 is 17.5 Å². The van der Waals surface area contributed by atoms with Crippen LogP contribution in [0.4, 0.5) is 5.69 Å². The van der Waals surface area contributed by atoms with Crippen LogP contribution < -0.4 is 10.2 Å². The molecule has 1 unspecified atom stereocenters. The van der Waals surface area contributed by atoms with Crippen molar-refractivity contribution in [3.05, 3.63) is 29.8 Å². The van der Waals surface area contributed by atoms with Crippen LogP contribution in [0, 0.1) is 0 Å². The third-order valence-corrected chi connectivity index (χ3v) is 3.09. The predicted octanol–water partition coefficient (Wildman–Crippen LogP) is 1.19. The average molecular weight is 262 g/mol. The molecule has 0 saturated heterocycles. The summed E-state index contributed by atoms with van der Waals surface area (Å²) < 4.78 is 4.94. The van der Waals surface area contributed by atoms with Gasteiger partial charge in [0.1, 0.15) is 0 Å². The van der Waals surface area contributed by atoms with E-state index in [4.69, 9.17) is 4.74 Å². The highest BCUT2D eigenvalue weighted by molar-refractivity contribution is 6.05. The smallest absolute Gasteiger partial charge is 0.253 e. The van der Waals surface area contributed by atoms with Crippen molar-refractivity contribution in [2.75, 3.05) is 25.2 Å². The number of carbonyl (C=O) groups excluding carboxylic acids is 2. The van der Waals surface area contributed by atoms with E-state index in [-0.39, 0.29) is 17.9 Å². The largest absolute Gasteiger partial charge is 0.384 e. The average Bonchev–Trinajstić information content (AvgIpc) is 2.53. The Hall–Kier alpha value is -1.88. The molecule has 0 aromatic heterocycles. The molecule has 5 nitrogen and oxygen atoms in total. The van der Waals surface area contributed by atoms with Crippen molar-refractivity contribution in [3.8, 4) is 0 Å². The minimum atomic E-state index is -0.134. The highest BCUT2D eigenvalue weighted by Crippen LogP contribution is 2.24. The SMILES string of the molecule is COCCC(=O)N1CC(C)NC(=O)c2ccccc21. The summed E-state index contributed by atoms with van der Waals surface area (Å²) in [6.07, 6.45) is 0.311. The van der Waals surface area contributed by atoms with Crippen LogP contribution in [0.25, 0.3) is 0 Å². The van der Waals surface area contributed by atoms with E-state index in [1.54, 1.807) is 30.2 Å². The molecule has 0 radical (unpaired) electrons. The molecule has 19 heavy (non-hydrogen) atoms. The van der Waals surface area contributed by atoms with Crippen molar-refractivity contribution in [2.24, 2.45) is 0 Å². The van der Waals surface area contributed by atoms with Crippen LogP contribution in [0.5, 0.6) is 0 Å². The number of nitrogens with one attached hydrogen (secondary N) is 1. The van der Waals surface area contributed by atoms with Gasteiger partial charge in [0.2, 0.25) is 5.91 Å². The lowest BCUT2D eigenvalue weighted by atomic mass is 10.1. The van der Waals surface area contributed by atoms with Gasteiger partial charge in [-0.1, -0.05) is 12.1 Å². The lowest BCUT2D eigenvalue weighted by molar-refractivity contribution is -0.119. The Balaban J connectivity index is 2.33. The zero-order valence-electron chi connectivity index (χ0n) is 11.2. The lowest BCUT2D eigenvalue weighted by Gasteiger charge is -2.23. The summed E-state index contributed by atoms with van der Waals surface area (Å²) in [5.74, 6) is -0.164. The summed E-state index contributed by atoms with van der Waals surface area (Å²) in [6.45, 7) is 2.75. The summed E-state index contributed by atoms with van der Waals surface area (Å²) in [7, 11) is 1.57. The molecule has 0 saturated carbocycles. The third-order valence-electron chi connectivity index (χ3n) is 3.09. The Morgan fingerprint density at radius 2 is 2.21 bits per heavy atom. The first-order valence-corrected chi connectivity index (χ1v) is 6.32. The molecule has 0 bridgehead atoms. The molecule has 5 heteroatoms. The Morgan fingerprint density at radius 3 is 2.95 bits per heavy atom. The molecular formula is C14H18N2O3. The topological polar surface area (TPSA) is 58.6 Å². The van der Waals surface area contributed by atoms with Gasteiger partial charge in [0, 0.05) is 19.7 Å². The number of amides is 2. The molecular weight excluding hydrogens is 244 g/mol. The Morgan fingerprint density at radius 1 is 1.47 bits per heavy atom. The normalized spacial score (nSPS) is 18.5. The van der Waals surface area contributed by atoms with Gasteiger partial charge in [0.15, 0.2) is 0 Å². The van der Waals surface area contributed by atoms with Crippen LogP contribution in [0.3, 0.4) is 0 Å². The van der Waals surface area contributed by atoms with E-state index in [1.807, 2.05) is 13.0 Å². The number of methoxy groups -OCH3 is 1. The fourth-order valence-corrected chi connectivity index (χ4v) is 2.18. The van der Waals surface area contributed by atoms with Crippen LogP contribution in [0.2, 0.25) is 0 Å². The van der Waals surface area contributed by atoms with E-state index in [0.717, 1.165) is 0 Å². The van der Waals surface area contributed by atoms with Gasteiger partial charge in [-0.15, -0.1) is 0 Å². The van der Waals surface area contributed by atoms with Crippen LogP contribution in [0.15, 0.2) is 24.3 Å². The first-order chi connectivity index (χ1) is 9.13. The molecule has 1 aromatic rings. The van der Waals surface area contributed by atoms with E-state index in [1.165, 1.54) is 0 Å². The third kappa shape index (κ3) is 2.93.